The molecule has 31 heavy (non-hydrogen) atoms. The molecule has 2 amide bonds. The summed E-state index contributed by atoms with van der Waals surface area (Å²) < 4.78 is 70.2. The summed E-state index contributed by atoms with van der Waals surface area (Å²) in [5, 5.41) is 3.93. The van der Waals surface area contributed by atoms with Crippen molar-refractivity contribution in [2.45, 2.75) is 44.5 Å². The van der Waals surface area contributed by atoms with E-state index in [1.807, 2.05) is 5.32 Å². The van der Waals surface area contributed by atoms with Gasteiger partial charge in [-0.25, -0.2) is 13.8 Å². The van der Waals surface area contributed by atoms with Crippen molar-refractivity contribution in [1.29, 1.82) is 0 Å². The second-order valence-electron chi connectivity index (χ2n) is 8.04. The molecule has 1 aromatic heterocycles. The molecule has 12 heteroatoms. The van der Waals surface area contributed by atoms with E-state index >= 15 is 0 Å². The Balaban J connectivity index is 1.67. The second-order valence-corrected chi connectivity index (χ2v) is 8.04. The van der Waals surface area contributed by atoms with Gasteiger partial charge in [0, 0.05) is 25.9 Å². The van der Waals surface area contributed by atoms with Gasteiger partial charge in [0.15, 0.2) is 0 Å². The van der Waals surface area contributed by atoms with Crippen LogP contribution in [0.5, 0.6) is 0 Å². The number of hydrogen-bond acceptors (Lipinski definition) is 4. The summed E-state index contributed by atoms with van der Waals surface area (Å²) in [6.07, 6.45) is -6.03. The van der Waals surface area contributed by atoms with E-state index in [4.69, 9.17) is 0 Å². The van der Waals surface area contributed by atoms with Crippen LogP contribution in [0.2, 0.25) is 0 Å². The fourth-order valence-corrected chi connectivity index (χ4v) is 4.01. The molecular weight excluding hydrogens is 425 g/mol. The zero-order valence-electron chi connectivity index (χ0n) is 16.7. The maximum absolute atomic E-state index is 14.3. The number of halogens is 5. The van der Waals surface area contributed by atoms with Crippen LogP contribution in [-0.2, 0) is 15.3 Å². The summed E-state index contributed by atoms with van der Waals surface area (Å²) in [5.41, 5.74) is -1.62. The Morgan fingerprint density at radius 1 is 1.26 bits per heavy atom. The number of anilines is 1. The van der Waals surface area contributed by atoms with Gasteiger partial charge in [-0.2, -0.15) is 13.2 Å². The van der Waals surface area contributed by atoms with Crippen LogP contribution >= 0.6 is 0 Å². The first-order valence-corrected chi connectivity index (χ1v) is 9.64. The number of aromatic nitrogens is 2. The Kier molecular flexibility index (Phi) is 4.76. The molecule has 4 rings (SSSR count). The van der Waals surface area contributed by atoms with Crippen LogP contribution in [-0.4, -0.2) is 58.0 Å². The molecule has 1 unspecified atom stereocenters. The average Bonchev–Trinajstić information content (AvgIpc) is 3.25. The minimum atomic E-state index is -5.19. The largest absolute Gasteiger partial charge is 0.440 e. The quantitative estimate of drug-likeness (QED) is 0.710. The Labute approximate surface area is 173 Å². The predicted molar refractivity (Wildman–Crippen MR) is 101 cm³/mol. The number of aryl methyl sites for hydroxylation is 2. The van der Waals surface area contributed by atoms with Crippen molar-refractivity contribution in [3.63, 3.8) is 0 Å². The number of imidazole rings is 1. The molecule has 2 aliphatic rings. The summed E-state index contributed by atoms with van der Waals surface area (Å²) in [6.45, 7) is 2.82. The summed E-state index contributed by atoms with van der Waals surface area (Å²) in [7, 11) is 0. The highest BCUT2D eigenvalue weighted by Crippen LogP contribution is 2.44. The molecule has 1 fully saturated rings. The number of carbonyl (C=O) groups is 2. The Morgan fingerprint density at radius 2 is 1.94 bits per heavy atom. The molecule has 7 nitrogen and oxygen atoms in total. The maximum atomic E-state index is 14.3. The molecule has 1 aromatic carbocycles. The van der Waals surface area contributed by atoms with Crippen LogP contribution in [0, 0.1) is 13.8 Å². The minimum Gasteiger partial charge on any atom is -0.317 e. The fraction of sp³-hybridized carbons (Fsp3) is 0.526. The van der Waals surface area contributed by atoms with Crippen LogP contribution in [0.3, 0.4) is 0 Å². The summed E-state index contributed by atoms with van der Waals surface area (Å²) in [6, 6.07) is 3.07. The first kappa shape index (κ1) is 21.5. The number of hydrogen-bond donors (Lipinski definition) is 2. The third-order valence-corrected chi connectivity index (χ3v) is 5.79. The molecular formula is C19H20F5N5O2. The SMILES string of the molecule is Cc1cc2nc3n(c2cc1C)C(NC(=O)CCN1CCC(F)(F)C1)(C(F)(F)F)C(=O)N3. The van der Waals surface area contributed by atoms with Crippen molar-refractivity contribution < 1.29 is 31.5 Å². The topological polar surface area (TPSA) is 79.3 Å². The van der Waals surface area contributed by atoms with Crippen LogP contribution in [0.1, 0.15) is 24.0 Å². The van der Waals surface area contributed by atoms with Gasteiger partial charge in [-0.15, -0.1) is 0 Å². The zero-order chi connectivity index (χ0) is 22.8. The van der Waals surface area contributed by atoms with Crippen LogP contribution in [0.4, 0.5) is 27.9 Å². The molecule has 0 saturated carbocycles. The van der Waals surface area contributed by atoms with Gasteiger partial charge in [-0.05, 0) is 37.1 Å². The van der Waals surface area contributed by atoms with Crippen molar-refractivity contribution >= 4 is 28.8 Å². The predicted octanol–water partition coefficient (Wildman–Crippen LogP) is 2.67. The van der Waals surface area contributed by atoms with E-state index in [1.54, 1.807) is 19.9 Å². The first-order valence-electron chi connectivity index (χ1n) is 9.64. The third-order valence-electron chi connectivity index (χ3n) is 5.79. The van der Waals surface area contributed by atoms with Gasteiger partial charge in [0.2, 0.25) is 11.9 Å². The van der Waals surface area contributed by atoms with E-state index in [-0.39, 0.29) is 36.5 Å². The smallest absolute Gasteiger partial charge is 0.317 e. The van der Waals surface area contributed by atoms with Crippen LogP contribution in [0.15, 0.2) is 12.1 Å². The lowest BCUT2D eigenvalue weighted by Gasteiger charge is -2.32. The maximum Gasteiger partial charge on any atom is 0.440 e. The van der Waals surface area contributed by atoms with E-state index in [1.165, 1.54) is 11.0 Å². The highest BCUT2D eigenvalue weighted by atomic mass is 19.4. The second kappa shape index (κ2) is 6.87. The lowest BCUT2D eigenvalue weighted by atomic mass is 10.1. The van der Waals surface area contributed by atoms with Gasteiger partial charge in [-0.3, -0.25) is 24.4 Å². The number of likely N-dealkylation sites (tertiary alicyclic amines) is 1. The molecule has 1 atom stereocenters. The van der Waals surface area contributed by atoms with Crippen LogP contribution in [0.25, 0.3) is 11.0 Å². The molecule has 2 aromatic rings. The van der Waals surface area contributed by atoms with Crippen molar-refractivity contribution in [2.24, 2.45) is 0 Å². The lowest BCUT2D eigenvalue weighted by molar-refractivity contribution is -0.217. The van der Waals surface area contributed by atoms with E-state index < -0.39 is 42.5 Å². The van der Waals surface area contributed by atoms with Crippen LogP contribution < -0.4 is 10.6 Å². The summed E-state index contributed by atoms with van der Waals surface area (Å²) in [5.74, 6) is -5.78. The third kappa shape index (κ3) is 3.42. The Hall–Kier alpha value is -2.76. The van der Waals surface area contributed by atoms with Gasteiger partial charge in [-0.1, -0.05) is 0 Å². The van der Waals surface area contributed by atoms with Gasteiger partial charge >= 0.3 is 6.18 Å². The Bertz CT molecular complexity index is 1080. The molecule has 168 valence electrons. The summed E-state index contributed by atoms with van der Waals surface area (Å²) in [4.78, 5) is 30.4. The van der Waals surface area contributed by atoms with Gasteiger partial charge in [0.25, 0.3) is 17.5 Å². The monoisotopic (exact) mass is 445 g/mol. The molecule has 0 radical (unpaired) electrons. The normalized spacial score (nSPS) is 23.3. The number of fused-ring (bicyclic) bond motifs is 3. The number of carbonyl (C=O) groups excluding carboxylic acids is 2. The molecule has 1 saturated heterocycles. The average molecular weight is 445 g/mol. The van der Waals surface area contributed by atoms with Crippen molar-refractivity contribution in [1.82, 2.24) is 19.8 Å². The van der Waals surface area contributed by atoms with E-state index in [2.05, 4.69) is 10.3 Å². The zero-order valence-corrected chi connectivity index (χ0v) is 16.7. The Morgan fingerprint density at radius 3 is 2.55 bits per heavy atom. The van der Waals surface area contributed by atoms with Gasteiger partial charge in [0.1, 0.15) is 0 Å². The molecule has 2 aliphatic heterocycles. The van der Waals surface area contributed by atoms with Gasteiger partial charge < -0.3 is 5.32 Å². The number of nitrogens with zero attached hydrogens (tertiary/aromatic N) is 3. The number of benzene rings is 1. The minimum absolute atomic E-state index is 0.0354. The molecule has 0 bridgehead atoms. The highest BCUT2D eigenvalue weighted by molar-refractivity contribution is 6.05. The standard InChI is InChI=1S/C19H20F5N5O2/c1-10-7-12-13(8-11(10)2)29-16(25-12)26-15(31)18(29,19(22,23)24)27-14(30)3-5-28-6-4-17(20,21)9-28/h7-8H,3-6,9H2,1-2H3,(H,27,30)(H,25,26,31). The van der Waals surface area contributed by atoms with E-state index in [0.29, 0.717) is 10.1 Å². The highest BCUT2D eigenvalue weighted by Gasteiger charge is 2.67. The molecule has 0 aliphatic carbocycles. The number of alkyl halides is 5. The number of rotatable bonds is 4. The van der Waals surface area contributed by atoms with Crippen molar-refractivity contribution in [2.75, 3.05) is 25.0 Å². The van der Waals surface area contributed by atoms with Crippen molar-refractivity contribution in [3.8, 4) is 0 Å². The molecule has 0 spiro atoms. The lowest BCUT2D eigenvalue weighted by Crippen LogP contribution is -2.63. The van der Waals surface area contributed by atoms with E-state index in [0.717, 1.165) is 5.56 Å². The first-order chi connectivity index (χ1) is 14.3. The van der Waals surface area contributed by atoms with Gasteiger partial charge in [0.05, 0.1) is 17.6 Å². The van der Waals surface area contributed by atoms with E-state index in [9.17, 15) is 31.5 Å². The molecule has 2 N–H and O–H groups in total. The molecule has 3 heterocycles. The van der Waals surface area contributed by atoms with Crippen molar-refractivity contribution in [3.05, 3.63) is 23.3 Å². The fourth-order valence-electron chi connectivity index (χ4n) is 4.01. The summed E-state index contributed by atoms with van der Waals surface area (Å²) >= 11 is 0. The number of nitrogens with one attached hydrogen (secondary N) is 2. The number of amides is 2.